The highest BCUT2D eigenvalue weighted by Gasteiger charge is 2.06. The van der Waals surface area contributed by atoms with Gasteiger partial charge in [0.15, 0.2) is 0 Å². The lowest BCUT2D eigenvalue weighted by Crippen LogP contribution is -2.20. The van der Waals surface area contributed by atoms with Crippen molar-refractivity contribution in [2.75, 3.05) is 10.6 Å². The Bertz CT molecular complexity index is 628. The number of hydrogen-bond acceptors (Lipinski definition) is 2. The Morgan fingerprint density at radius 2 is 2.00 bits per heavy atom. The van der Waals surface area contributed by atoms with Crippen LogP contribution in [0.3, 0.4) is 0 Å². The normalized spacial score (nSPS) is 10.2. The summed E-state index contributed by atoms with van der Waals surface area (Å²) < 4.78 is 13.0. The number of halogens is 1. The Labute approximate surface area is 116 Å². The molecule has 0 saturated carbocycles. The molecule has 4 nitrogen and oxygen atoms in total. The average molecular weight is 273 g/mol. The number of carbonyl (C=O) groups excluding carboxylic acids is 1. The standard InChI is InChI=1S/C15H16FN3O/c1-10-7-12(16)5-6-14(10)19-15(20)18-13-4-2-3-11(8-13)9-17/h2-8H,9,17H2,1H3,(H2,18,19,20). The lowest BCUT2D eigenvalue weighted by atomic mass is 10.2. The zero-order valence-corrected chi connectivity index (χ0v) is 11.1. The zero-order chi connectivity index (χ0) is 14.5. The van der Waals surface area contributed by atoms with Crippen LogP contribution in [-0.2, 0) is 6.54 Å². The third-order valence-corrected chi connectivity index (χ3v) is 2.86. The fourth-order valence-corrected chi connectivity index (χ4v) is 1.83. The number of nitrogens with two attached hydrogens (primary N) is 1. The molecule has 0 saturated heterocycles. The van der Waals surface area contributed by atoms with Crippen LogP contribution in [-0.4, -0.2) is 6.03 Å². The summed E-state index contributed by atoms with van der Waals surface area (Å²) in [6.45, 7) is 2.14. The van der Waals surface area contributed by atoms with Crippen molar-refractivity contribution in [3.63, 3.8) is 0 Å². The molecule has 2 aromatic rings. The van der Waals surface area contributed by atoms with Gasteiger partial charge in [-0.15, -0.1) is 0 Å². The molecule has 0 atom stereocenters. The van der Waals surface area contributed by atoms with Crippen LogP contribution >= 0.6 is 0 Å². The first-order valence-electron chi connectivity index (χ1n) is 6.21. The second kappa shape index (κ2) is 6.16. The summed E-state index contributed by atoms with van der Waals surface area (Å²) in [6.07, 6.45) is 0. The first-order valence-corrected chi connectivity index (χ1v) is 6.21. The molecule has 0 aliphatic heterocycles. The van der Waals surface area contributed by atoms with Crippen LogP contribution in [0.15, 0.2) is 42.5 Å². The molecule has 4 N–H and O–H groups in total. The Morgan fingerprint density at radius 3 is 2.70 bits per heavy atom. The number of aryl methyl sites for hydroxylation is 1. The van der Waals surface area contributed by atoms with E-state index in [2.05, 4.69) is 10.6 Å². The minimum Gasteiger partial charge on any atom is -0.326 e. The summed E-state index contributed by atoms with van der Waals surface area (Å²) in [7, 11) is 0. The molecule has 104 valence electrons. The maximum atomic E-state index is 13.0. The molecule has 0 spiro atoms. The van der Waals surface area contributed by atoms with E-state index < -0.39 is 0 Å². The average Bonchev–Trinajstić information content (AvgIpc) is 2.42. The maximum Gasteiger partial charge on any atom is 0.323 e. The second-order valence-electron chi connectivity index (χ2n) is 4.44. The van der Waals surface area contributed by atoms with Gasteiger partial charge in [-0.2, -0.15) is 0 Å². The quantitative estimate of drug-likeness (QED) is 0.803. The molecule has 0 bridgehead atoms. The van der Waals surface area contributed by atoms with Crippen molar-refractivity contribution in [3.05, 3.63) is 59.4 Å². The Balaban J connectivity index is 2.05. The maximum absolute atomic E-state index is 13.0. The van der Waals surface area contributed by atoms with Gasteiger partial charge >= 0.3 is 6.03 Å². The van der Waals surface area contributed by atoms with Crippen molar-refractivity contribution in [1.82, 2.24) is 0 Å². The molecule has 0 unspecified atom stereocenters. The van der Waals surface area contributed by atoms with E-state index in [4.69, 9.17) is 5.73 Å². The van der Waals surface area contributed by atoms with Gasteiger partial charge in [0.1, 0.15) is 5.82 Å². The highest BCUT2D eigenvalue weighted by molar-refractivity contribution is 6.00. The Hall–Kier alpha value is -2.40. The van der Waals surface area contributed by atoms with Crippen molar-refractivity contribution in [2.45, 2.75) is 13.5 Å². The smallest absolute Gasteiger partial charge is 0.323 e. The van der Waals surface area contributed by atoms with Crippen molar-refractivity contribution in [1.29, 1.82) is 0 Å². The number of urea groups is 1. The zero-order valence-electron chi connectivity index (χ0n) is 11.1. The molecular formula is C15H16FN3O. The molecule has 5 heteroatoms. The van der Waals surface area contributed by atoms with E-state index in [1.807, 2.05) is 12.1 Å². The number of hydrogen-bond donors (Lipinski definition) is 3. The first kappa shape index (κ1) is 14.0. The van der Waals surface area contributed by atoms with Gasteiger partial charge in [0.2, 0.25) is 0 Å². The fourth-order valence-electron chi connectivity index (χ4n) is 1.83. The van der Waals surface area contributed by atoms with E-state index in [1.54, 1.807) is 19.1 Å². The summed E-state index contributed by atoms with van der Waals surface area (Å²) in [6, 6.07) is 11.1. The van der Waals surface area contributed by atoms with Crippen LogP contribution in [0, 0.1) is 12.7 Å². The highest BCUT2D eigenvalue weighted by atomic mass is 19.1. The molecule has 2 rings (SSSR count). The first-order chi connectivity index (χ1) is 9.58. The van der Waals surface area contributed by atoms with Crippen LogP contribution < -0.4 is 16.4 Å². The number of rotatable bonds is 3. The number of benzene rings is 2. The largest absolute Gasteiger partial charge is 0.326 e. The lowest BCUT2D eigenvalue weighted by molar-refractivity contribution is 0.262. The summed E-state index contributed by atoms with van der Waals surface area (Å²) in [5.74, 6) is -0.330. The molecule has 20 heavy (non-hydrogen) atoms. The molecule has 0 fully saturated rings. The molecule has 0 aliphatic rings. The molecule has 2 amide bonds. The summed E-state index contributed by atoms with van der Waals surface area (Å²) in [4.78, 5) is 11.9. The van der Waals surface area contributed by atoms with Gasteiger partial charge in [-0.25, -0.2) is 9.18 Å². The van der Waals surface area contributed by atoms with Crippen molar-refractivity contribution in [3.8, 4) is 0 Å². The minimum atomic E-state index is -0.381. The van der Waals surface area contributed by atoms with Gasteiger partial charge < -0.3 is 16.4 Å². The van der Waals surface area contributed by atoms with Gasteiger partial charge in [-0.05, 0) is 48.4 Å². The van der Waals surface area contributed by atoms with Crippen LogP contribution in [0.1, 0.15) is 11.1 Å². The van der Waals surface area contributed by atoms with Crippen LogP contribution in [0.5, 0.6) is 0 Å². The van der Waals surface area contributed by atoms with E-state index in [-0.39, 0.29) is 11.8 Å². The minimum absolute atomic E-state index is 0.330. The van der Waals surface area contributed by atoms with E-state index in [9.17, 15) is 9.18 Å². The van der Waals surface area contributed by atoms with E-state index in [1.165, 1.54) is 18.2 Å². The van der Waals surface area contributed by atoms with Crippen LogP contribution in [0.25, 0.3) is 0 Å². The molecule has 2 aromatic carbocycles. The van der Waals surface area contributed by atoms with Gasteiger partial charge in [-0.3, -0.25) is 0 Å². The Morgan fingerprint density at radius 1 is 1.20 bits per heavy atom. The third kappa shape index (κ3) is 3.55. The van der Waals surface area contributed by atoms with Crippen molar-refractivity contribution >= 4 is 17.4 Å². The number of nitrogens with one attached hydrogen (secondary N) is 2. The summed E-state index contributed by atoms with van der Waals surface area (Å²) in [5, 5.41) is 5.38. The molecule has 0 radical (unpaired) electrons. The predicted octanol–water partition coefficient (Wildman–Crippen LogP) is 3.24. The SMILES string of the molecule is Cc1cc(F)ccc1NC(=O)Nc1cccc(CN)c1. The number of amides is 2. The fraction of sp³-hybridized carbons (Fsp3) is 0.133. The Kier molecular flexibility index (Phi) is 4.32. The van der Waals surface area contributed by atoms with Gasteiger partial charge in [-0.1, -0.05) is 12.1 Å². The lowest BCUT2D eigenvalue weighted by Gasteiger charge is -2.10. The highest BCUT2D eigenvalue weighted by Crippen LogP contribution is 2.16. The van der Waals surface area contributed by atoms with E-state index >= 15 is 0 Å². The molecule has 0 heterocycles. The second-order valence-corrected chi connectivity index (χ2v) is 4.44. The summed E-state index contributed by atoms with van der Waals surface area (Å²) >= 11 is 0. The number of carbonyl (C=O) groups is 1. The predicted molar refractivity (Wildman–Crippen MR) is 78.1 cm³/mol. The van der Waals surface area contributed by atoms with Gasteiger partial charge in [0, 0.05) is 17.9 Å². The van der Waals surface area contributed by atoms with Gasteiger partial charge in [0.05, 0.1) is 0 Å². The van der Waals surface area contributed by atoms with E-state index in [0.717, 1.165) is 5.56 Å². The van der Waals surface area contributed by atoms with Crippen molar-refractivity contribution < 1.29 is 9.18 Å². The molecule has 0 aromatic heterocycles. The number of anilines is 2. The third-order valence-electron chi connectivity index (χ3n) is 2.86. The summed E-state index contributed by atoms with van der Waals surface area (Å²) in [5.41, 5.74) is 8.36. The van der Waals surface area contributed by atoms with Crippen molar-refractivity contribution in [2.24, 2.45) is 5.73 Å². The molecule has 0 aliphatic carbocycles. The van der Waals surface area contributed by atoms with Crippen LogP contribution in [0.2, 0.25) is 0 Å². The van der Waals surface area contributed by atoms with E-state index in [0.29, 0.717) is 23.5 Å². The van der Waals surface area contributed by atoms with Gasteiger partial charge in [0.25, 0.3) is 0 Å². The molecular weight excluding hydrogens is 257 g/mol. The van der Waals surface area contributed by atoms with Crippen LogP contribution in [0.4, 0.5) is 20.6 Å². The topological polar surface area (TPSA) is 67.2 Å². The monoisotopic (exact) mass is 273 g/mol.